The lowest BCUT2D eigenvalue weighted by Gasteiger charge is -2.48. The third-order valence-electron chi connectivity index (χ3n) is 5.09. The molecule has 7 nitrogen and oxygen atoms in total. The average Bonchev–Trinajstić information content (AvgIpc) is 2.61. The van der Waals surface area contributed by atoms with Crippen LogP contribution in [0.1, 0.15) is 78.9 Å². The molecule has 1 aromatic carbocycles. The van der Waals surface area contributed by atoms with Crippen molar-refractivity contribution in [2.75, 3.05) is 6.61 Å². The molecule has 0 bridgehead atoms. The van der Waals surface area contributed by atoms with Crippen molar-refractivity contribution in [1.29, 1.82) is 0 Å². The molecule has 1 aromatic rings. The maximum Gasteiger partial charge on any atom is 0.411 e. The quantitative estimate of drug-likeness (QED) is 0.511. The molecule has 0 radical (unpaired) electrons. The van der Waals surface area contributed by atoms with Gasteiger partial charge in [0.1, 0.15) is 16.7 Å². The van der Waals surface area contributed by atoms with E-state index in [0.717, 1.165) is 11.1 Å². The second kappa shape index (κ2) is 8.89. The number of rotatable bonds is 4. The lowest BCUT2D eigenvalue weighted by molar-refractivity contribution is -0.163. The minimum atomic E-state index is -1.44. The predicted molar refractivity (Wildman–Crippen MR) is 116 cm³/mol. The Kier molecular flexibility index (Phi) is 7.08. The zero-order valence-electron chi connectivity index (χ0n) is 19.9. The van der Waals surface area contributed by atoms with Gasteiger partial charge >= 0.3 is 18.0 Å². The molecule has 0 N–H and O–H groups in total. The largest absolute Gasteiger partial charge is 0.464 e. The highest BCUT2D eigenvalue weighted by atomic mass is 16.6. The fourth-order valence-electron chi connectivity index (χ4n) is 3.80. The first-order valence-electron chi connectivity index (χ1n) is 10.7. The van der Waals surface area contributed by atoms with Gasteiger partial charge in [0.15, 0.2) is 0 Å². The molecule has 1 aliphatic rings. The number of fused-ring (bicyclic) bond motifs is 1. The Morgan fingerprint density at radius 1 is 1.03 bits per heavy atom. The van der Waals surface area contributed by atoms with Crippen LogP contribution in [0.15, 0.2) is 24.3 Å². The van der Waals surface area contributed by atoms with Crippen molar-refractivity contribution in [2.45, 2.75) is 91.0 Å². The number of hydrogen-bond acceptors (Lipinski definition) is 6. The normalized spacial score (nSPS) is 21.2. The highest BCUT2D eigenvalue weighted by Crippen LogP contribution is 2.44. The molecule has 172 valence electrons. The first-order valence-corrected chi connectivity index (χ1v) is 10.7. The van der Waals surface area contributed by atoms with Gasteiger partial charge in [0.2, 0.25) is 0 Å². The summed E-state index contributed by atoms with van der Waals surface area (Å²) in [5, 5.41) is 0. The van der Waals surface area contributed by atoms with Gasteiger partial charge in [0.25, 0.3) is 0 Å². The van der Waals surface area contributed by atoms with E-state index in [-0.39, 0.29) is 19.6 Å². The summed E-state index contributed by atoms with van der Waals surface area (Å²) in [5.41, 5.74) is -1.18. The van der Waals surface area contributed by atoms with Gasteiger partial charge in [0, 0.05) is 5.92 Å². The van der Waals surface area contributed by atoms with Gasteiger partial charge < -0.3 is 14.2 Å². The molecule has 1 amide bonds. The molecule has 0 aromatic heterocycles. The zero-order chi connectivity index (χ0) is 23.6. The Labute approximate surface area is 185 Å². The number of ether oxygens (including phenoxy) is 3. The van der Waals surface area contributed by atoms with Crippen LogP contribution < -0.4 is 0 Å². The van der Waals surface area contributed by atoms with Crippen LogP contribution in [-0.2, 0) is 30.3 Å². The molecule has 2 atom stereocenters. The van der Waals surface area contributed by atoms with Crippen LogP contribution in [-0.4, -0.2) is 46.3 Å². The summed E-state index contributed by atoms with van der Waals surface area (Å²) in [6, 6.07) is 7.49. The zero-order valence-corrected chi connectivity index (χ0v) is 19.9. The smallest absolute Gasteiger partial charge is 0.411 e. The molecule has 0 saturated heterocycles. The highest BCUT2D eigenvalue weighted by molar-refractivity contribution is 5.89. The van der Waals surface area contributed by atoms with Crippen LogP contribution in [0, 0.1) is 0 Å². The van der Waals surface area contributed by atoms with E-state index in [4.69, 9.17) is 14.2 Å². The van der Waals surface area contributed by atoms with E-state index >= 15 is 0 Å². The molecule has 31 heavy (non-hydrogen) atoms. The number of nitrogens with zero attached hydrogens (tertiary/aromatic N) is 1. The van der Waals surface area contributed by atoms with Crippen LogP contribution in [0.5, 0.6) is 0 Å². The van der Waals surface area contributed by atoms with E-state index in [1.54, 1.807) is 55.4 Å². The van der Waals surface area contributed by atoms with E-state index < -0.39 is 40.7 Å². The number of carbonyl (C=O) groups excluding carboxylic acids is 3. The van der Waals surface area contributed by atoms with Gasteiger partial charge in [-0.1, -0.05) is 24.3 Å². The Morgan fingerprint density at radius 2 is 1.61 bits per heavy atom. The van der Waals surface area contributed by atoms with Crippen molar-refractivity contribution >= 4 is 18.0 Å². The van der Waals surface area contributed by atoms with Crippen LogP contribution in [0.3, 0.4) is 0 Å². The number of hydrogen-bond donors (Lipinski definition) is 0. The first kappa shape index (κ1) is 24.7. The summed E-state index contributed by atoms with van der Waals surface area (Å²) in [4.78, 5) is 40.6. The number of carbonyl (C=O) groups is 3. The van der Waals surface area contributed by atoms with E-state index in [1.165, 1.54) is 4.90 Å². The molecule has 1 heterocycles. The Bertz CT molecular complexity index is 835. The fourth-order valence-corrected chi connectivity index (χ4v) is 3.80. The third kappa shape index (κ3) is 5.77. The van der Waals surface area contributed by atoms with E-state index in [2.05, 4.69) is 0 Å². The van der Waals surface area contributed by atoms with Gasteiger partial charge in [-0.15, -0.1) is 0 Å². The summed E-state index contributed by atoms with van der Waals surface area (Å²) < 4.78 is 16.5. The summed E-state index contributed by atoms with van der Waals surface area (Å²) in [6.07, 6.45) is -0.713. The maximum absolute atomic E-state index is 13.3. The van der Waals surface area contributed by atoms with Gasteiger partial charge in [-0.2, -0.15) is 0 Å². The predicted octanol–water partition coefficient (Wildman–Crippen LogP) is 4.57. The standard InChI is InChI=1S/C24H35NO6/c1-9-29-20(27)24(8)18(14-19(26)30-22(2,3)4)17-13-11-10-12-16(17)15-25(24)21(28)31-23(5,6)7/h10-13,18H,9,14-15H2,1-8H3/t18-,24-/m1/s1. The minimum Gasteiger partial charge on any atom is -0.464 e. The molecule has 0 spiro atoms. The SMILES string of the molecule is CCOC(=O)[C@@]1(C)[C@H](CC(=O)OC(C)(C)C)c2ccccc2CN1C(=O)OC(C)(C)C. The second-order valence-electron chi connectivity index (χ2n) is 9.98. The Morgan fingerprint density at radius 3 is 2.16 bits per heavy atom. The first-order chi connectivity index (χ1) is 14.2. The molecule has 2 rings (SSSR count). The summed E-state index contributed by atoms with van der Waals surface area (Å²) in [6.45, 7) is 14.3. The van der Waals surface area contributed by atoms with Crippen LogP contribution in [0.25, 0.3) is 0 Å². The molecule has 7 heteroatoms. The Balaban J connectivity index is 2.59. The summed E-state index contributed by atoms with van der Waals surface area (Å²) in [5.74, 6) is -1.68. The van der Waals surface area contributed by atoms with Crippen molar-refractivity contribution < 1.29 is 28.6 Å². The molecule has 0 aliphatic carbocycles. The van der Waals surface area contributed by atoms with E-state index in [0.29, 0.717) is 0 Å². The third-order valence-corrected chi connectivity index (χ3v) is 5.09. The number of benzene rings is 1. The maximum atomic E-state index is 13.3. The molecule has 0 saturated carbocycles. The molecule has 1 aliphatic heterocycles. The van der Waals surface area contributed by atoms with Crippen LogP contribution in [0.4, 0.5) is 4.79 Å². The van der Waals surface area contributed by atoms with Gasteiger partial charge in [-0.25, -0.2) is 9.59 Å². The van der Waals surface area contributed by atoms with E-state index in [9.17, 15) is 14.4 Å². The highest BCUT2D eigenvalue weighted by Gasteiger charge is 2.55. The topological polar surface area (TPSA) is 82.1 Å². The second-order valence-corrected chi connectivity index (χ2v) is 9.98. The van der Waals surface area contributed by atoms with Gasteiger partial charge in [-0.05, 0) is 66.5 Å². The lowest BCUT2D eigenvalue weighted by atomic mass is 9.72. The fraction of sp³-hybridized carbons (Fsp3) is 0.625. The molecule has 0 fully saturated rings. The molecule has 0 unspecified atom stereocenters. The van der Waals surface area contributed by atoms with Gasteiger partial charge in [-0.3, -0.25) is 9.69 Å². The van der Waals surface area contributed by atoms with Crippen molar-refractivity contribution in [2.24, 2.45) is 0 Å². The van der Waals surface area contributed by atoms with Crippen LogP contribution in [0.2, 0.25) is 0 Å². The number of esters is 2. The van der Waals surface area contributed by atoms with Crippen molar-refractivity contribution in [3.63, 3.8) is 0 Å². The van der Waals surface area contributed by atoms with Gasteiger partial charge in [0.05, 0.1) is 19.6 Å². The minimum absolute atomic E-state index is 0.0805. The van der Waals surface area contributed by atoms with Crippen molar-refractivity contribution in [3.8, 4) is 0 Å². The summed E-state index contributed by atoms with van der Waals surface area (Å²) in [7, 11) is 0. The van der Waals surface area contributed by atoms with Crippen LogP contribution >= 0.6 is 0 Å². The molecular weight excluding hydrogens is 398 g/mol. The van der Waals surface area contributed by atoms with Crippen molar-refractivity contribution in [3.05, 3.63) is 35.4 Å². The number of amides is 1. The monoisotopic (exact) mass is 433 g/mol. The Hall–Kier alpha value is -2.57. The molecular formula is C24H35NO6. The average molecular weight is 434 g/mol. The summed E-state index contributed by atoms with van der Waals surface area (Å²) >= 11 is 0. The van der Waals surface area contributed by atoms with E-state index in [1.807, 2.05) is 24.3 Å². The van der Waals surface area contributed by atoms with Crippen molar-refractivity contribution in [1.82, 2.24) is 4.90 Å². The lowest BCUT2D eigenvalue weighted by Crippen LogP contribution is -2.62.